The zero-order valence-corrected chi connectivity index (χ0v) is 15.4. The minimum Gasteiger partial charge on any atom is -0.288 e. The van der Waals surface area contributed by atoms with E-state index in [0.717, 1.165) is 29.8 Å². The van der Waals surface area contributed by atoms with E-state index in [1.807, 2.05) is 0 Å². The predicted octanol–water partition coefficient (Wildman–Crippen LogP) is 5.32. The average molecular weight is 370 g/mol. The van der Waals surface area contributed by atoms with E-state index in [9.17, 15) is 18.0 Å². The lowest BCUT2D eigenvalue weighted by atomic mass is 10.0. The molecule has 6 heteroatoms. The van der Waals surface area contributed by atoms with Gasteiger partial charge in [0, 0.05) is 13.0 Å². The van der Waals surface area contributed by atoms with E-state index in [2.05, 4.69) is 12.3 Å². The van der Waals surface area contributed by atoms with E-state index in [4.69, 9.17) is 0 Å². The Balaban J connectivity index is 1.87. The molecule has 0 unspecified atom stereocenters. The number of aryl methyl sites for hydroxylation is 1. The summed E-state index contributed by atoms with van der Waals surface area (Å²) in [4.78, 5) is 11.3. The Kier molecular flexibility index (Phi) is 7.94. The zero-order chi connectivity index (χ0) is 19.0. The third-order valence-electron chi connectivity index (χ3n) is 4.83. The number of amides is 1. The minimum atomic E-state index is -4.43. The number of unbranched alkanes of at least 4 members (excludes halogenated alkanes) is 6. The Hall–Kier alpha value is -1.56. The highest BCUT2D eigenvalue weighted by atomic mass is 19.4. The molecule has 1 aliphatic heterocycles. The van der Waals surface area contributed by atoms with Crippen molar-refractivity contribution in [3.8, 4) is 0 Å². The SMILES string of the molecule is CCCCCCCCCc1ccc([C@H](N2CCC(=O)N2)C(F)(F)F)cc1. The Morgan fingerprint density at radius 3 is 2.19 bits per heavy atom. The average Bonchev–Trinajstić information content (AvgIpc) is 3.00. The quantitative estimate of drug-likeness (QED) is 0.565. The second-order valence-corrected chi connectivity index (χ2v) is 7.04. The van der Waals surface area contributed by atoms with Crippen molar-refractivity contribution in [1.82, 2.24) is 10.4 Å². The van der Waals surface area contributed by atoms with Crippen LogP contribution < -0.4 is 5.43 Å². The molecular weight excluding hydrogens is 341 g/mol. The van der Waals surface area contributed by atoms with Gasteiger partial charge in [0.2, 0.25) is 5.91 Å². The molecule has 1 aliphatic rings. The van der Waals surface area contributed by atoms with E-state index in [1.165, 1.54) is 32.1 Å². The molecule has 0 saturated carbocycles. The molecule has 1 fully saturated rings. The van der Waals surface area contributed by atoms with E-state index < -0.39 is 12.2 Å². The summed E-state index contributed by atoms with van der Waals surface area (Å²) in [6.07, 6.45) is 5.10. The molecule has 1 aromatic rings. The molecule has 0 aromatic heterocycles. The summed E-state index contributed by atoms with van der Waals surface area (Å²) in [5.74, 6) is -0.366. The lowest BCUT2D eigenvalue weighted by Gasteiger charge is -2.29. The van der Waals surface area contributed by atoms with Crippen LogP contribution >= 0.6 is 0 Å². The summed E-state index contributed by atoms with van der Waals surface area (Å²) in [6.45, 7) is 2.27. The van der Waals surface area contributed by atoms with Crippen molar-refractivity contribution in [2.24, 2.45) is 0 Å². The van der Waals surface area contributed by atoms with Crippen molar-refractivity contribution < 1.29 is 18.0 Å². The van der Waals surface area contributed by atoms with Gasteiger partial charge in [0.1, 0.15) is 6.04 Å². The molecule has 146 valence electrons. The Bertz CT molecular complexity index is 557. The van der Waals surface area contributed by atoms with Crippen molar-refractivity contribution in [3.05, 3.63) is 35.4 Å². The second kappa shape index (κ2) is 9.95. The molecule has 1 N–H and O–H groups in total. The molecule has 1 saturated heterocycles. The number of carbonyl (C=O) groups is 1. The highest BCUT2D eigenvalue weighted by Gasteiger charge is 2.46. The maximum absolute atomic E-state index is 13.5. The predicted molar refractivity (Wildman–Crippen MR) is 96.4 cm³/mol. The first-order valence-electron chi connectivity index (χ1n) is 9.63. The van der Waals surface area contributed by atoms with Gasteiger partial charge >= 0.3 is 6.18 Å². The normalized spacial score (nSPS) is 16.7. The number of alkyl halides is 3. The van der Waals surface area contributed by atoms with Crippen LogP contribution in [0, 0.1) is 0 Å². The summed E-state index contributed by atoms with van der Waals surface area (Å²) in [6, 6.07) is 4.85. The first-order valence-corrected chi connectivity index (χ1v) is 9.63. The van der Waals surface area contributed by atoms with E-state index in [0.29, 0.717) is 0 Å². The summed E-state index contributed by atoms with van der Waals surface area (Å²) >= 11 is 0. The van der Waals surface area contributed by atoms with Gasteiger partial charge in [-0.25, -0.2) is 5.01 Å². The molecule has 3 nitrogen and oxygen atoms in total. The summed E-state index contributed by atoms with van der Waals surface area (Å²) in [5, 5.41) is 0.994. The third kappa shape index (κ3) is 6.31. The summed E-state index contributed by atoms with van der Waals surface area (Å²) < 4.78 is 40.4. The van der Waals surface area contributed by atoms with Crippen molar-refractivity contribution in [1.29, 1.82) is 0 Å². The van der Waals surface area contributed by atoms with E-state index in [1.54, 1.807) is 24.3 Å². The van der Waals surface area contributed by atoms with Crippen LogP contribution in [0.5, 0.6) is 0 Å². The smallest absolute Gasteiger partial charge is 0.288 e. The Labute approximate surface area is 153 Å². The van der Waals surface area contributed by atoms with E-state index in [-0.39, 0.29) is 24.4 Å². The highest BCUT2D eigenvalue weighted by Crippen LogP contribution is 2.37. The molecule has 0 bridgehead atoms. The molecule has 0 aliphatic carbocycles. The number of carbonyl (C=O) groups excluding carboxylic acids is 1. The number of hydrogen-bond acceptors (Lipinski definition) is 2. The molecule has 26 heavy (non-hydrogen) atoms. The van der Waals surface area contributed by atoms with Gasteiger partial charge in [-0.15, -0.1) is 0 Å². The third-order valence-corrected chi connectivity index (χ3v) is 4.83. The molecule has 1 atom stereocenters. The summed E-state index contributed by atoms with van der Waals surface area (Å²) in [7, 11) is 0. The van der Waals surface area contributed by atoms with Gasteiger partial charge in [-0.1, -0.05) is 69.7 Å². The zero-order valence-electron chi connectivity index (χ0n) is 15.4. The van der Waals surface area contributed by atoms with Crippen molar-refractivity contribution in [3.63, 3.8) is 0 Å². The number of nitrogens with zero attached hydrogens (tertiary/aromatic N) is 1. The van der Waals surface area contributed by atoms with Crippen molar-refractivity contribution in [2.45, 2.75) is 76.9 Å². The molecular formula is C20H29F3N2O. The van der Waals surface area contributed by atoms with Gasteiger partial charge in [0.25, 0.3) is 0 Å². The molecule has 0 radical (unpaired) electrons. The molecule has 1 aromatic carbocycles. The molecule has 0 spiro atoms. The Morgan fingerprint density at radius 2 is 1.65 bits per heavy atom. The first-order chi connectivity index (χ1) is 12.4. The fraction of sp³-hybridized carbons (Fsp3) is 0.650. The van der Waals surface area contributed by atoms with Gasteiger partial charge < -0.3 is 0 Å². The first kappa shape index (κ1) is 20.7. The van der Waals surface area contributed by atoms with Crippen molar-refractivity contribution >= 4 is 5.91 Å². The number of benzene rings is 1. The van der Waals surface area contributed by atoms with Gasteiger partial charge in [-0.05, 0) is 24.0 Å². The fourth-order valence-electron chi connectivity index (χ4n) is 3.39. The van der Waals surface area contributed by atoms with Crippen LogP contribution in [0.3, 0.4) is 0 Å². The van der Waals surface area contributed by atoms with Crippen LogP contribution in [-0.4, -0.2) is 23.6 Å². The largest absolute Gasteiger partial charge is 0.409 e. The van der Waals surface area contributed by atoms with Crippen LogP contribution in [0.4, 0.5) is 13.2 Å². The Morgan fingerprint density at radius 1 is 1.04 bits per heavy atom. The lowest BCUT2D eigenvalue weighted by molar-refractivity contribution is -0.191. The van der Waals surface area contributed by atoms with E-state index >= 15 is 0 Å². The maximum atomic E-state index is 13.5. The lowest BCUT2D eigenvalue weighted by Crippen LogP contribution is -2.43. The number of rotatable bonds is 10. The van der Waals surface area contributed by atoms with Gasteiger partial charge in [0.05, 0.1) is 0 Å². The number of nitrogens with one attached hydrogen (secondary N) is 1. The second-order valence-electron chi connectivity index (χ2n) is 7.04. The van der Waals surface area contributed by atoms with Crippen LogP contribution in [0.1, 0.15) is 75.5 Å². The van der Waals surface area contributed by atoms with Crippen LogP contribution in [0.15, 0.2) is 24.3 Å². The van der Waals surface area contributed by atoms with Crippen molar-refractivity contribution in [2.75, 3.05) is 6.54 Å². The van der Waals surface area contributed by atoms with Gasteiger partial charge in [-0.2, -0.15) is 13.2 Å². The minimum absolute atomic E-state index is 0.0722. The monoisotopic (exact) mass is 370 g/mol. The van der Waals surface area contributed by atoms with Crippen LogP contribution in [0.2, 0.25) is 0 Å². The topological polar surface area (TPSA) is 32.3 Å². The maximum Gasteiger partial charge on any atom is 0.409 e. The van der Waals surface area contributed by atoms with Gasteiger partial charge in [0.15, 0.2) is 0 Å². The number of hydrogen-bond donors (Lipinski definition) is 1. The summed E-state index contributed by atoms with van der Waals surface area (Å²) in [5.41, 5.74) is 3.54. The number of halogens is 3. The molecule has 1 amide bonds. The van der Waals surface area contributed by atoms with Gasteiger partial charge in [-0.3, -0.25) is 10.2 Å². The molecule has 2 rings (SSSR count). The number of hydrazine groups is 1. The standard InChI is InChI=1S/C20H29F3N2O/c1-2-3-4-5-6-7-8-9-16-10-12-17(13-11-16)19(20(21,22)23)25-15-14-18(26)24-25/h10-13,19H,2-9,14-15H2,1H3,(H,24,26)/t19-/m0/s1. The fourth-order valence-corrected chi connectivity index (χ4v) is 3.39. The van der Waals surface area contributed by atoms with Crippen LogP contribution in [0.25, 0.3) is 0 Å². The molecule has 1 heterocycles. The van der Waals surface area contributed by atoms with Crippen LogP contribution in [-0.2, 0) is 11.2 Å². The highest BCUT2D eigenvalue weighted by molar-refractivity contribution is 5.77.